The predicted octanol–water partition coefficient (Wildman–Crippen LogP) is 6.73. The second-order valence-electron chi connectivity index (χ2n) is 9.66. The van der Waals surface area contributed by atoms with Gasteiger partial charge in [0.2, 0.25) is 0 Å². The zero-order chi connectivity index (χ0) is 22.7. The summed E-state index contributed by atoms with van der Waals surface area (Å²) in [6, 6.07) is 24.2. The third-order valence-corrected chi connectivity index (χ3v) is 7.98. The zero-order valence-electron chi connectivity index (χ0n) is 18.8. The van der Waals surface area contributed by atoms with Crippen molar-refractivity contribution in [1.29, 1.82) is 0 Å². The second-order valence-corrected chi connectivity index (χ2v) is 9.66. The van der Waals surface area contributed by atoms with Crippen LogP contribution in [-0.2, 0) is 12.8 Å². The molecule has 9 rings (SSSR count). The molecule has 0 atom stereocenters. The van der Waals surface area contributed by atoms with Gasteiger partial charge in [-0.2, -0.15) is 0 Å². The van der Waals surface area contributed by atoms with Crippen LogP contribution in [0.3, 0.4) is 0 Å². The van der Waals surface area contributed by atoms with E-state index in [0.717, 1.165) is 45.8 Å². The largest absolute Gasteiger partial charge is 0.290 e. The third-order valence-electron chi connectivity index (χ3n) is 7.98. The Morgan fingerprint density at radius 1 is 0.686 bits per heavy atom. The first-order valence-electron chi connectivity index (χ1n) is 12.0. The maximum atomic E-state index is 5.15. The fourth-order valence-electron chi connectivity index (χ4n) is 6.56. The van der Waals surface area contributed by atoms with E-state index in [1.807, 2.05) is 24.7 Å². The quantitative estimate of drug-likeness (QED) is 0.243. The molecule has 3 aromatic carbocycles. The molecule has 162 valence electrons. The Hall–Kier alpha value is -4.57. The molecule has 4 heterocycles. The van der Waals surface area contributed by atoms with Crippen LogP contribution in [0.15, 0.2) is 85.3 Å². The SMILES string of the molecule is c1ccc2c(c1)Cc1ccc3c(c1-2)Cc1c-3ccc2nc3c4ccncc4c4ncccc4n3c12. The molecular weight excluding hydrogens is 428 g/mol. The maximum Gasteiger partial charge on any atom is 0.146 e. The van der Waals surface area contributed by atoms with Crippen molar-refractivity contribution in [3.63, 3.8) is 0 Å². The van der Waals surface area contributed by atoms with Crippen LogP contribution in [0.2, 0.25) is 0 Å². The lowest BCUT2D eigenvalue weighted by atomic mass is 9.95. The Kier molecular flexibility index (Phi) is 3.11. The molecule has 0 spiro atoms. The number of aromatic nitrogens is 4. The van der Waals surface area contributed by atoms with Gasteiger partial charge in [0.25, 0.3) is 0 Å². The van der Waals surface area contributed by atoms with Crippen LogP contribution < -0.4 is 0 Å². The number of imidazole rings is 1. The number of nitrogens with zero attached hydrogens (tertiary/aromatic N) is 4. The summed E-state index contributed by atoms with van der Waals surface area (Å²) in [5, 5.41) is 2.13. The van der Waals surface area contributed by atoms with Gasteiger partial charge in [-0.05, 0) is 75.2 Å². The number of rotatable bonds is 0. The molecule has 2 aliphatic rings. The zero-order valence-corrected chi connectivity index (χ0v) is 18.8. The van der Waals surface area contributed by atoms with Crippen molar-refractivity contribution < 1.29 is 0 Å². The van der Waals surface area contributed by atoms with E-state index < -0.39 is 0 Å². The Labute approximate surface area is 200 Å². The van der Waals surface area contributed by atoms with E-state index in [0.29, 0.717) is 0 Å². The van der Waals surface area contributed by atoms with Gasteiger partial charge in [0.05, 0.1) is 22.1 Å². The smallest absolute Gasteiger partial charge is 0.146 e. The van der Waals surface area contributed by atoms with Gasteiger partial charge >= 0.3 is 0 Å². The average Bonchev–Trinajstić information content (AvgIpc) is 3.59. The highest BCUT2D eigenvalue weighted by Gasteiger charge is 2.30. The van der Waals surface area contributed by atoms with Crippen LogP contribution >= 0.6 is 0 Å². The van der Waals surface area contributed by atoms with Crippen LogP contribution in [0.5, 0.6) is 0 Å². The van der Waals surface area contributed by atoms with Gasteiger partial charge in [0, 0.05) is 35.8 Å². The first-order chi connectivity index (χ1) is 17.4. The summed E-state index contributed by atoms with van der Waals surface area (Å²) in [7, 11) is 0. The van der Waals surface area contributed by atoms with Crippen molar-refractivity contribution in [3.8, 4) is 22.3 Å². The summed E-state index contributed by atoms with van der Waals surface area (Å²) in [5.41, 5.74) is 16.5. The van der Waals surface area contributed by atoms with E-state index in [4.69, 9.17) is 9.97 Å². The van der Waals surface area contributed by atoms with E-state index in [1.165, 1.54) is 50.0 Å². The predicted molar refractivity (Wildman–Crippen MR) is 140 cm³/mol. The van der Waals surface area contributed by atoms with Gasteiger partial charge in [0.1, 0.15) is 5.65 Å². The lowest BCUT2D eigenvalue weighted by Crippen LogP contribution is -1.95. The Morgan fingerprint density at radius 3 is 2.60 bits per heavy atom. The van der Waals surface area contributed by atoms with Crippen molar-refractivity contribution in [1.82, 2.24) is 19.4 Å². The molecule has 35 heavy (non-hydrogen) atoms. The standard InChI is InChI=1S/C31H18N4/c1-2-5-19-17(4-1)14-18-7-8-20-21-9-10-26-30(24(21)15-23(20)28(18)19)35-27-6-3-12-33-29(27)25-16-32-13-11-22(25)31(35)34-26/h1-13,16H,14-15H2. The fourth-order valence-corrected chi connectivity index (χ4v) is 6.56. The monoisotopic (exact) mass is 446 g/mol. The minimum atomic E-state index is 0.920. The molecule has 0 bridgehead atoms. The van der Waals surface area contributed by atoms with Crippen LogP contribution in [-0.4, -0.2) is 19.4 Å². The minimum Gasteiger partial charge on any atom is -0.290 e. The molecule has 0 fully saturated rings. The number of pyridine rings is 3. The summed E-state index contributed by atoms with van der Waals surface area (Å²) in [5.74, 6) is 0. The summed E-state index contributed by atoms with van der Waals surface area (Å²) in [6.45, 7) is 0. The normalized spacial score (nSPS) is 13.5. The highest BCUT2D eigenvalue weighted by molar-refractivity contribution is 6.12. The number of fused-ring (bicyclic) bond motifs is 16. The lowest BCUT2D eigenvalue weighted by molar-refractivity contribution is 1.22. The molecular formula is C31H18N4. The average molecular weight is 447 g/mol. The Balaban J connectivity index is 1.42. The first kappa shape index (κ1) is 17.8. The molecule has 0 saturated heterocycles. The highest BCUT2D eigenvalue weighted by Crippen LogP contribution is 2.49. The third kappa shape index (κ3) is 2.11. The highest BCUT2D eigenvalue weighted by atomic mass is 15.0. The van der Waals surface area contributed by atoms with E-state index in [1.54, 1.807) is 0 Å². The molecule has 0 amide bonds. The van der Waals surface area contributed by atoms with Crippen molar-refractivity contribution in [2.24, 2.45) is 0 Å². The molecule has 4 nitrogen and oxygen atoms in total. The summed E-state index contributed by atoms with van der Waals surface area (Å²) in [6.07, 6.45) is 7.56. The molecule has 7 aromatic rings. The van der Waals surface area contributed by atoms with Crippen molar-refractivity contribution in [3.05, 3.63) is 108 Å². The van der Waals surface area contributed by atoms with Crippen molar-refractivity contribution >= 4 is 38.5 Å². The maximum absolute atomic E-state index is 5.15. The number of hydrogen-bond acceptors (Lipinski definition) is 3. The Bertz CT molecular complexity index is 2070. The summed E-state index contributed by atoms with van der Waals surface area (Å²) >= 11 is 0. The molecule has 4 heteroatoms. The van der Waals surface area contributed by atoms with Gasteiger partial charge in [-0.15, -0.1) is 0 Å². The fraction of sp³-hybridized carbons (Fsp3) is 0.0645. The van der Waals surface area contributed by atoms with Gasteiger partial charge in [-0.3, -0.25) is 14.4 Å². The molecule has 0 aliphatic heterocycles. The number of hydrogen-bond donors (Lipinski definition) is 0. The summed E-state index contributed by atoms with van der Waals surface area (Å²) in [4.78, 5) is 14.3. The first-order valence-corrected chi connectivity index (χ1v) is 12.0. The Morgan fingerprint density at radius 2 is 1.60 bits per heavy atom. The van der Waals surface area contributed by atoms with E-state index >= 15 is 0 Å². The number of benzene rings is 3. The second kappa shape index (κ2) is 6.10. The molecule has 0 saturated carbocycles. The van der Waals surface area contributed by atoms with Crippen LogP contribution in [0, 0.1) is 0 Å². The topological polar surface area (TPSA) is 43.1 Å². The van der Waals surface area contributed by atoms with Crippen molar-refractivity contribution in [2.45, 2.75) is 12.8 Å². The van der Waals surface area contributed by atoms with E-state index in [9.17, 15) is 0 Å². The molecule has 4 aromatic heterocycles. The van der Waals surface area contributed by atoms with E-state index in [2.05, 4.69) is 70.0 Å². The van der Waals surface area contributed by atoms with Gasteiger partial charge in [-0.1, -0.05) is 42.5 Å². The van der Waals surface area contributed by atoms with Gasteiger partial charge in [-0.25, -0.2) is 4.98 Å². The molecule has 0 unspecified atom stereocenters. The van der Waals surface area contributed by atoms with Crippen LogP contribution in [0.1, 0.15) is 22.3 Å². The summed E-state index contributed by atoms with van der Waals surface area (Å²) < 4.78 is 2.33. The van der Waals surface area contributed by atoms with Crippen molar-refractivity contribution in [2.75, 3.05) is 0 Å². The lowest BCUT2D eigenvalue weighted by Gasteiger charge is -2.09. The molecule has 0 radical (unpaired) electrons. The van der Waals surface area contributed by atoms with Crippen LogP contribution in [0.4, 0.5) is 0 Å². The van der Waals surface area contributed by atoms with E-state index in [-0.39, 0.29) is 0 Å². The van der Waals surface area contributed by atoms with Crippen LogP contribution in [0.25, 0.3) is 60.7 Å². The van der Waals surface area contributed by atoms with Gasteiger partial charge < -0.3 is 0 Å². The molecule has 0 N–H and O–H groups in total. The molecule has 2 aliphatic carbocycles. The minimum absolute atomic E-state index is 0.920. The van der Waals surface area contributed by atoms with Gasteiger partial charge in [0.15, 0.2) is 0 Å².